The first-order valence-corrected chi connectivity index (χ1v) is 7.37. The minimum atomic E-state index is -0.593. The predicted molar refractivity (Wildman–Crippen MR) is 76.4 cm³/mol. The Balaban J connectivity index is 1.72. The number of carbonyl (C=O) groups is 3. The van der Waals surface area contributed by atoms with Crippen molar-refractivity contribution in [2.75, 3.05) is 0 Å². The first-order chi connectivity index (χ1) is 10.1. The quantitative estimate of drug-likeness (QED) is 0.797. The standard InChI is InChI=1S/C16H18N2O3/c19-14-9-8-13(16(21)18-14)17-15(20)12-7-3-5-10-4-1-2-6-11(10)12/h1-2,4,6,12-13H,3,5,7-9H2,(H,17,20)(H,18,19,21)/t12-,13+/m0/s1. The van der Waals surface area contributed by atoms with Crippen molar-refractivity contribution in [3.63, 3.8) is 0 Å². The molecule has 1 aromatic carbocycles. The number of amides is 3. The molecule has 3 rings (SSSR count). The zero-order chi connectivity index (χ0) is 14.8. The van der Waals surface area contributed by atoms with Crippen molar-refractivity contribution in [3.8, 4) is 0 Å². The Morgan fingerprint density at radius 3 is 2.76 bits per heavy atom. The molecule has 1 aromatic rings. The summed E-state index contributed by atoms with van der Waals surface area (Å²) in [4.78, 5) is 35.3. The average molecular weight is 286 g/mol. The highest BCUT2D eigenvalue weighted by Gasteiger charge is 2.32. The largest absolute Gasteiger partial charge is 0.344 e. The molecule has 1 aliphatic heterocycles. The van der Waals surface area contributed by atoms with Gasteiger partial charge < -0.3 is 5.32 Å². The molecule has 0 unspecified atom stereocenters. The molecule has 110 valence electrons. The van der Waals surface area contributed by atoms with E-state index in [0.717, 1.165) is 24.8 Å². The topological polar surface area (TPSA) is 75.3 Å². The summed E-state index contributed by atoms with van der Waals surface area (Å²) < 4.78 is 0. The van der Waals surface area contributed by atoms with Gasteiger partial charge in [0.25, 0.3) is 0 Å². The van der Waals surface area contributed by atoms with Crippen molar-refractivity contribution in [2.45, 2.75) is 44.1 Å². The number of imide groups is 1. The average Bonchev–Trinajstić information content (AvgIpc) is 2.49. The number of aryl methyl sites for hydroxylation is 1. The van der Waals surface area contributed by atoms with Crippen molar-refractivity contribution in [3.05, 3.63) is 35.4 Å². The summed E-state index contributed by atoms with van der Waals surface area (Å²) in [5.41, 5.74) is 2.28. The van der Waals surface area contributed by atoms with E-state index in [4.69, 9.17) is 0 Å². The van der Waals surface area contributed by atoms with Crippen LogP contribution in [0.5, 0.6) is 0 Å². The van der Waals surface area contributed by atoms with Crippen LogP contribution in [0.25, 0.3) is 0 Å². The second-order valence-electron chi connectivity index (χ2n) is 5.66. The van der Waals surface area contributed by atoms with Gasteiger partial charge in [-0.1, -0.05) is 24.3 Å². The van der Waals surface area contributed by atoms with Crippen molar-refractivity contribution < 1.29 is 14.4 Å². The Kier molecular flexibility index (Phi) is 3.73. The molecular weight excluding hydrogens is 268 g/mol. The number of benzene rings is 1. The highest BCUT2D eigenvalue weighted by atomic mass is 16.2. The lowest BCUT2D eigenvalue weighted by Crippen LogP contribution is -2.53. The summed E-state index contributed by atoms with van der Waals surface area (Å²) in [5.74, 6) is -0.978. The minimum absolute atomic E-state index is 0.114. The molecular formula is C16H18N2O3. The first-order valence-electron chi connectivity index (χ1n) is 7.37. The van der Waals surface area contributed by atoms with Gasteiger partial charge in [-0.15, -0.1) is 0 Å². The van der Waals surface area contributed by atoms with Gasteiger partial charge in [-0.3, -0.25) is 19.7 Å². The summed E-state index contributed by atoms with van der Waals surface area (Å²) >= 11 is 0. The van der Waals surface area contributed by atoms with Gasteiger partial charge in [-0.2, -0.15) is 0 Å². The lowest BCUT2D eigenvalue weighted by Gasteiger charge is -2.28. The third kappa shape index (κ3) is 2.82. The van der Waals surface area contributed by atoms with Gasteiger partial charge in [0.05, 0.1) is 5.92 Å². The molecule has 1 saturated heterocycles. The summed E-state index contributed by atoms with van der Waals surface area (Å²) in [6, 6.07) is 7.38. The minimum Gasteiger partial charge on any atom is -0.344 e. The summed E-state index contributed by atoms with van der Waals surface area (Å²) in [6.07, 6.45) is 3.43. The normalized spacial score (nSPS) is 25.0. The zero-order valence-corrected chi connectivity index (χ0v) is 11.7. The maximum Gasteiger partial charge on any atom is 0.249 e. The molecule has 0 bridgehead atoms. The molecule has 0 saturated carbocycles. The van der Waals surface area contributed by atoms with E-state index in [2.05, 4.69) is 16.7 Å². The number of hydrogen-bond donors (Lipinski definition) is 2. The van der Waals surface area contributed by atoms with E-state index in [1.54, 1.807) is 0 Å². The fourth-order valence-electron chi connectivity index (χ4n) is 3.13. The number of piperidine rings is 1. The fourth-order valence-corrected chi connectivity index (χ4v) is 3.13. The van der Waals surface area contributed by atoms with Crippen molar-refractivity contribution >= 4 is 17.7 Å². The smallest absolute Gasteiger partial charge is 0.249 e. The second kappa shape index (κ2) is 5.68. The third-order valence-corrected chi connectivity index (χ3v) is 4.24. The van der Waals surface area contributed by atoms with Crippen LogP contribution in [0.4, 0.5) is 0 Å². The highest BCUT2D eigenvalue weighted by Crippen LogP contribution is 2.31. The Labute approximate surface area is 123 Å². The van der Waals surface area contributed by atoms with Gasteiger partial charge in [-0.05, 0) is 36.8 Å². The predicted octanol–water partition coefficient (Wildman–Crippen LogP) is 1.03. The van der Waals surface area contributed by atoms with Crippen molar-refractivity contribution in [1.29, 1.82) is 0 Å². The van der Waals surface area contributed by atoms with Crippen LogP contribution in [-0.2, 0) is 20.8 Å². The van der Waals surface area contributed by atoms with Crippen LogP contribution in [-0.4, -0.2) is 23.8 Å². The highest BCUT2D eigenvalue weighted by molar-refractivity contribution is 6.02. The van der Waals surface area contributed by atoms with E-state index in [1.807, 2.05) is 18.2 Å². The van der Waals surface area contributed by atoms with Gasteiger partial charge in [0.15, 0.2) is 0 Å². The molecule has 0 radical (unpaired) electrons. The van der Waals surface area contributed by atoms with Gasteiger partial charge in [0, 0.05) is 6.42 Å². The van der Waals surface area contributed by atoms with Gasteiger partial charge in [-0.25, -0.2) is 0 Å². The molecule has 1 fully saturated rings. The number of hydrogen-bond acceptors (Lipinski definition) is 3. The van der Waals surface area contributed by atoms with Crippen LogP contribution in [0.2, 0.25) is 0 Å². The van der Waals surface area contributed by atoms with E-state index < -0.39 is 11.9 Å². The van der Waals surface area contributed by atoms with E-state index in [-0.39, 0.29) is 24.2 Å². The van der Waals surface area contributed by atoms with Crippen LogP contribution in [0.3, 0.4) is 0 Å². The molecule has 2 aliphatic rings. The SMILES string of the molecule is O=C1CC[C@@H](NC(=O)[C@H]2CCCc3ccccc32)C(=O)N1. The van der Waals surface area contributed by atoms with E-state index in [9.17, 15) is 14.4 Å². The molecule has 3 amide bonds. The maximum absolute atomic E-state index is 12.5. The van der Waals surface area contributed by atoms with Crippen LogP contribution in [0, 0.1) is 0 Å². The molecule has 0 spiro atoms. The zero-order valence-electron chi connectivity index (χ0n) is 11.7. The molecule has 5 heteroatoms. The van der Waals surface area contributed by atoms with Crippen LogP contribution in [0.1, 0.15) is 42.7 Å². The van der Waals surface area contributed by atoms with E-state index in [1.165, 1.54) is 5.56 Å². The lowest BCUT2D eigenvalue weighted by atomic mass is 9.82. The molecule has 0 aromatic heterocycles. The summed E-state index contributed by atoms with van der Waals surface area (Å²) in [7, 11) is 0. The maximum atomic E-state index is 12.5. The first kappa shape index (κ1) is 13.8. The number of rotatable bonds is 2. The Morgan fingerprint density at radius 1 is 1.14 bits per heavy atom. The summed E-state index contributed by atoms with van der Waals surface area (Å²) in [6.45, 7) is 0. The summed E-state index contributed by atoms with van der Waals surface area (Å²) in [5, 5.41) is 5.06. The van der Waals surface area contributed by atoms with Crippen LogP contribution >= 0.6 is 0 Å². The Bertz CT molecular complexity index is 597. The Hall–Kier alpha value is -2.17. The van der Waals surface area contributed by atoms with E-state index >= 15 is 0 Å². The van der Waals surface area contributed by atoms with Crippen molar-refractivity contribution in [2.24, 2.45) is 0 Å². The van der Waals surface area contributed by atoms with Crippen molar-refractivity contribution in [1.82, 2.24) is 10.6 Å². The second-order valence-corrected chi connectivity index (χ2v) is 5.66. The molecule has 5 nitrogen and oxygen atoms in total. The van der Waals surface area contributed by atoms with Gasteiger partial charge >= 0.3 is 0 Å². The number of nitrogens with one attached hydrogen (secondary N) is 2. The lowest BCUT2D eigenvalue weighted by molar-refractivity contribution is -0.137. The van der Waals surface area contributed by atoms with E-state index in [0.29, 0.717) is 6.42 Å². The number of fused-ring (bicyclic) bond motifs is 1. The molecule has 2 N–H and O–H groups in total. The molecule has 1 heterocycles. The van der Waals surface area contributed by atoms with Crippen LogP contribution in [0.15, 0.2) is 24.3 Å². The molecule has 1 aliphatic carbocycles. The number of carbonyl (C=O) groups excluding carboxylic acids is 3. The Morgan fingerprint density at radius 2 is 1.95 bits per heavy atom. The monoisotopic (exact) mass is 286 g/mol. The third-order valence-electron chi connectivity index (χ3n) is 4.24. The fraction of sp³-hybridized carbons (Fsp3) is 0.438. The van der Waals surface area contributed by atoms with Gasteiger partial charge in [0.1, 0.15) is 6.04 Å². The van der Waals surface area contributed by atoms with Crippen LogP contribution < -0.4 is 10.6 Å². The molecule has 21 heavy (non-hydrogen) atoms. The molecule has 2 atom stereocenters. The van der Waals surface area contributed by atoms with Gasteiger partial charge in [0.2, 0.25) is 17.7 Å².